The van der Waals surface area contributed by atoms with Crippen LogP contribution < -0.4 is 10.6 Å². The van der Waals surface area contributed by atoms with Crippen LogP contribution in [0.25, 0.3) is 5.69 Å². The highest BCUT2D eigenvalue weighted by Crippen LogP contribution is 2.38. The lowest BCUT2D eigenvalue weighted by molar-refractivity contribution is -0.0371. The van der Waals surface area contributed by atoms with Crippen LogP contribution in [-0.2, 0) is 0 Å². The molecule has 0 spiro atoms. The Kier molecular flexibility index (Phi) is 7.74. The summed E-state index contributed by atoms with van der Waals surface area (Å²) in [6.07, 6.45) is 8.33. The largest absolute Gasteiger partial charge is 0.350 e. The fourth-order valence-corrected chi connectivity index (χ4v) is 5.54. The molecule has 4 atom stereocenters. The minimum Gasteiger partial charge on any atom is -0.350 e. The van der Waals surface area contributed by atoms with E-state index in [1.807, 2.05) is 24.3 Å². The summed E-state index contributed by atoms with van der Waals surface area (Å²) in [4.78, 5) is 19.7. The summed E-state index contributed by atoms with van der Waals surface area (Å²) < 4.78 is 1.64. The van der Waals surface area contributed by atoms with Gasteiger partial charge in [-0.05, 0) is 62.9 Å². The number of piperidine rings is 3. The average molecular weight is 453 g/mol. The van der Waals surface area contributed by atoms with Crippen molar-refractivity contribution in [1.82, 2.24) is 30.3 Å². The second-order valence-electron chi connectivity index (χ2n) is 8.35. The highest BCUT2D eigenvalue weighted by atomic mass is 35.5. The van der Waals surface area contributed by atoms with Crippen LogP contribution in [0.2, 0.25) is 0 Å². The van der Waals surface area contributed by atoms with Crippen LogP contribution in [0.5, 0.6) is 0 Å². The van der Waals surface area contributed by atoms with Crippen LogP contribution in [0.4, 0.5) is 0 Å². The molecule has 0 saturated carbocycles. The third-order valence-corrected chi connectivity index (χ3v) is 6.81. The molecule has 2 bridgehead atoms. The molecule has 3 aliphatic rings. The van der Waals surface area contributed by atoms with E-state index in [0.29, 0.717) is 30.1 Å². The Bertz CT molecular complexity index is 833. The van der Waals surface area contributed by atoms with Crippen LogP contribution in [0.3, 0.4) is 0 Å². The Morgan fingerprint density at radius 2 is 2.00 bits per heavy atom. The Labute approximate surface area is 189 Å². The number of hydrogen-bond donors (Lipinski definition) is 2. The van der Waals surface area contributed by atoms with E-state index in [4.69, 9.17) is 0 Å². The van der Waals surface area contributed by atoms with E-state index in [1.54, 1.807) is 11.0 Å². The molecule has 9 heteroatoms. The lowest BCUT2D eigenvalue weighted by Gasteiger charge is -2.55. The molecular formula is C21H30Cl2N6O. The molecule has 1 aromatic heterocycles. The fraction of sp³-hybridized carbons (Fsp3) is 0.571. The Morgan fingerprint density at radius 1 is 1.17 bits per heavy atom. The van der Waals surface area contributed by atoms with Gasteiger partial charge in [0, 0.05) is 18.6 Å². The molecule has 164 valence electrons. The first-order valence-electron chi connectivity index (χ1n) is 10.5. The van der Waals surface area contributed by atoms with Gasteiger partial charge in [0.25, 0.3) is 5.91 Å². The van der Waals surface area contributed by atoms with Crippen molar-refractivity contribution in [1.29, 1.82) is 0 Å². The molecule has 1 aromatic carbocycles. The molecule has 0 unspecified atom stereocenters. The SMILES string of the molecule is Cl.Cl.O=C(NC[C@H]1[C@@H]2CNC[C@@H](C2)[C@@H]2CCCCN21)c1ccccc1-n1cncn1. The number of carbonyl (C=O) groups excluding carboxylic acids is 1. The zero-order chi connectivity index (χ0) is 18.9. The third-order valence-electron chi connectivity index (χ3n) is 6.81. The highest BCUT2D eigenvalue weighted by Gasteiger charge is 2.45. The number of aromatic nitrogens is 3. The summed E-state index contributed by atoms with van der Waals surface area (Å²) in [5.74, 6) is 1.36. The fourth-order valence-electron chi connectivity index (χ4n) is 5.54. The standard InChI is InChI=1S/C21H28N6O.2ClH/c28-21(17-5-1-2-7-19(17)27-14-23-13-25-27)24-12-20-16-9-15(10-22-11-16)18-6-3-4-8-26(18)20;;/h1-2,5,7,13-16,18,20,22H,3-4,6,8-12H2,(H,24,28);2*1H/t15-,16+,18+,20+;;/m1../s1. The van der Waals surface area contributed by atoms with Gasteiger partial charge >= 0.3 is 0 Å². The van der Waals surface area contributed by atoms with E-state index in [2.05, 4.69) is 25.6 Å². The van der Waals surface area contributed by atoms with Crippen molar-refractivity contribution < 1.29 is 4.79 Å². The van der Waals surface area contributed by atoms with E-state index in [0.717, 1.165) is 24.7 Å². The molecule has 0 radical (unpaired) electrons. The molecule has 3 fully saturated rings. The lowest BCUT2D eigenvalue weighted by Crippen LogP contribution is -2.65. The zero-order valence-electron chi connectivity index (χ0n) is 16.9. The van der Waals surface area contributed by atoms with Gasteiger partial charge in [0.1, 0.15) is 12.7 Å². The van der Waals surface area contributed by atoms with Crippen molar-refractivity contribution in [3.8, 4) is 5.69 Å². The van der Waals surface area contributed by atoms with Crippen molar-refractivity contribution in [3.63, 3.8) is 0 Å². The number of halogens is 2. The van der Waals surface area contributed by atoms with E-state index in [9.17, 15) is 4.79 Å². The molecule has 2 aromatic rings. The summed E-state index contributed by atoms with van der Waals surface area (Å²) in [5, 5.41) is 11.1. The van der Waals surface area contributed by atoms with Crippen molar-refractivity contribution >= 4 is 30.7 Å². The third kappa shape index (κ3) is 4.35. The van der Waals surface area contributed by atoms with Gasteiger partial charge in [-0.1, -0.05) is 18.6 Å². The normalized spacial score (nSPS) is 27.9. The number of rotatable bonds is 4. The van der Waals surface area contributed by atoms with E-state index in [1.165, 1.54) is 38.6 Å². The maximum Gasteiger partial charge on any atom is 0.253 e. The number of benzene rings is 1. The van der Waals surface area contributed by atoms with Crippen LogP contribution >= 0.6 is 24.8 Å². The molecule has 4 heterocycles. The number of fused-ring (bicyclic) bond motifs is 4. The van der Waals surface area contributed by atoms with Gasteiger partial charge in [-0.25, -0.2) is 9.67 Å². The first-order valence-corrected chi connectivity index (χ1v) is 10.5. The van der Waals surface area contributed by atoms with E-state index in [-0.39, 0.29) is 30.7 Å². The van der Waals surface area contributed by atoms with Crippen LogP contribution in [0, 0.1) is 11.8 Å². The quantitative estimate of drug-likeness (QED) is 0.743. The van der Waals surface area contributed by atoms with Crippen LogP contribution in [0.1, 0.15) is 36.0 Å². The summed E-state index contributed by atoms with van der Waals surface area (Å²) in [7, 11) is 0. The molecular weight excluding hydrogens is 423 g/mol. The van der Waals surface area contributed by atoms with Crippen molar-refractivity contribution in [2.45, 2.75) is 37.8 Å². The first-order chi connectivity index (χ1) is 13.8. The molecule has 5 rings (SSSR count). The van der Waals surface area contributed by atoms with E-state index >= 15 is 0 Å². The number of nitrogens with one attached hydrogen (secondary N) is 2. The predicted molar refractivity (Wildman–Crippen MR) is 121 cm³/mol. The summed E-state index contributed by atoms with van der Waals surface area (Å²) in [6.45, 7) is 4.10. The van der Waals surface area contributed by atoms with Gasteiger partial charge in [0.2, 0.25) is 0 Å². The smallest absolute Gasteiger partial charge is 0.253 e. The number of para-hydroxylation sites is 1. The van der Waals surface area contributed by atoms with Crippen molar-refractivity contribution in [2.24, 2.45) is 11.8 Å². The lowest BCUT2D eigenvalue weighted by atomic mass is 9.73. The summed E-state index contributed by atoms with van der Waals surface area (Å²) in [5.41, 5.74) is 1.40. The molecule has 30 heavy (non-hydrogen) atoms. The van der Waals surface area contributed by atoms with Gasteiger partial charge in [-0.2, -0.15) is 5.10 Å². The number of amides is 1. The minimum atomic E-state index is -0.0365. The Balaban J connectivity index is 0.00000128. The molecule has 7 nitrogen and oxygen atoms in total. The average Bonchev–Trinajstić information content (AvgIpc) is 3.29. The van der Waals surface area contributed by atoms with Gasteiger partial charge in [0.15, 0.2) is 0 Å². The van der Waals surface area contributed by atoms with Crippen molar-refractivity contribution in [2.75, 3.05) is 26.2 Å². The maximum absolute atomic E-state index is 13.0. The molecule has 3 aliphatic heterocycles. The second-order valence-corrected chi connectivity index (χ2v) is 8.35. The Morgan fingerprint density at radius 3 is 2.83 bits per heavy atom. The number of nitrogens with zero attached hydrogens (tertiary/aromatic N) is 4. The monoisotopic (exact) mass is 452 g/mol. The maximum atomic E-state index is 13.0. The summed E-state index contributed by atoms with van der Waals surface area (Å²) in [6, 6.07) is 8.68. The van der Waals surface area contributed by atoms with Crippen LogP contribution in [0.15, 0.2) is 36.9 Å². The zero-order valence-corrected chi connectivity index (χ0v) is 18.6. The molecule has 1 amide bonds. The topological polar surface area (TPSA) is 75.1 Å². The van der Waals surface area contributed by atoms with Gasteiger partial charge in [-0.15, -0.1) is 24.8 Å². The van der Waals surface area contributed by atoms with E-state index < -0.39 is 0 Å². The second kappa shape index (κ2) is 10.1. The molecule has 2 N–H and O–H groups in total. The first kappa shape index (κ1) is 23.0. The molecule has 0 aliphatic carbocycles. The minimum absolute atomic E-state index is 0. The number of hydrogen-bond acceptors (Lipinski definition) is 5. The summed E-state index contributed by atoms with van der Waals surface area (Å²) >= 11 is 0. The highest BCUT2D eigenvalue weighted by molar-refractivity contribution is 5.97. The van der Waals surface area contributed by atoms with Gasteiger partial charge in [0.05, 0.1) is 11.3 Å². The van der Waals surface area contributed by atoms with Crippen LogP contribution in [-0.4, -0.2) is 63.8 Å². The van der Waals surface area contributed by atoms with Crippen molar-refractivity contribution in [3.05, 3.63) is 42.5 Å². The predicted octanol–water partition coefficient (Wildman–Crippen LogP) is 2.30. The molecule has 3 saturated heterocycles. The van der Waals surface area contributed by atoms with Gasteiger partial charge in [-0.3, -0.25) is 9.69 Å². The number of carbonyl (C=O) groups is 1. The Hall–Kier alpha value is -1.67. The van der Waals surface area contributed by atoms with Gasteiger partial charge < -0.3 is 10.6 Å².